The zero-order valence-corrected chi connectivity index (χ0v) is 17.1. The van der Waals surface area contributed by atoms with E-state index in [4.69, 9.17) is 4.74 Å². The number of methoxy groups -OCH3 is 1. The Labute approximate surface area is 173 Å². The van der Waals surface area contributed by atoms with Gasteiger partial charge in [-0.25, -0.2) is 0 Å². The van der Waals surface area contributed by atoms with Crippen LogP contribution in [-0.2, 0) is 13.1 Å². The van der Waals surface area contributed by atoms with Crippen molar-refractivity contribution in [2.24, 2.45) is 0 Å². The van der Waals surface area contributed by atoms with Crippen LogP contribution in [0.25, 0.3) is 6.08 Å². The molecule has 2 atom stereocenters. The summed E-state index contributed by atoms with van der Waals surface area (Å²) in [5, 5.41) is 0. The third-order valence-electron chi connectivity index (χ3n) is 5.80. The smallest absolute Gasteiger partial charge is 0.234 e. The predicted octanol–water partition coefficient (Wildman–Crippen LogP) is 2.22. The van der Waals surface area contributed by atoms with Crippen molar-refractivity contribution in [2.45, 2.75) is 19.3 Å². The Morgan fingerprint density at radius 1 is 0.759 bits per heavy atom. The average molecular weight is 387 g/mol. The summed E-state index contributed by atoms with van der Waals surface area (Å²) in [5.74, 6) is 0.927. The summed E-state index contributed by atoms with van der Waals surface area (Å²) in [7, 11) is 1.74. The second-order valence-electron chi connectivity index (χ2n) is 7.72. The topological polar surface area (TPSA) is 18.1 Å². The van der Waals surface area contributed by atoms with Crippen molar-refractivity contribution < 1.29 is 14.5 Å². The predicted molar refractivity (Wildman–Crippen MR) is 118 cm³/mol. The Balaban J connectivity index is 1.57. The first kappa shape index (κ1) is 19.4. The lowest BCUT2D eigenvalue weighted by atomic mass is 10.1. The second kappa shape index (κ2) is 9.55. The normalized spacial score (nSPS) is 21.5. The van der Waals surface area contributed by atoms with Crippen LogP contribution < -0.4 is 14.5 Å². The molecule has 0 bridgehead atoms. The van der Waals surface area contributed by atoms with Gasteiger partial charge in [0.2, 0.25) is 6.17 Å². The van der Waals surface area contributed by atoms with Crippen LogP contribution in [0.15, 0.2) is 91.0 Å². The molecule has 4 rings (SSSR count). The number of para-hydroxylation sites is 1. The van der Waals surface area contributed by atoms with Gasteiger partial charge in [-0.15, -0.1) is 0 Å². The minimum Gasteiger partial charge on any atom is -0.496 e. The van der Waals surface area contributed by atoms with Gasteiger partial charge in [-0.2, -0.15) is 0 Å². The van der Waals surface area contributed by atoms with Crippen LogP contribution in [0.1, 0.15) is 16.7 Å². The number of benzene rings is 3. The number of ether oxygens (including phenoxy) is 1. The summed E-state index contributed by atoms with van der Waals surface area (Å²) < 4.78 is 5.54. The minimum absolute atomic E-state index is 0.417. The van der Waals surface area contributed by atoms with Gasteiger partial charge in [0, 0.05) is 22.8 Å². The summed E-state index contributed by atoms with van der Waals surface area (Å²) in [6, 6.07) is 29.9. The SMILES string of the molecule is COc1ccccc1/C=C/C1[NH+](Cc2ccccc2)CC[NH+]1Cc1ccccc1. The van der Waals surface area contributed by atoms with Gasteiger partial charge in [0.15, 0.2) is 0 Å². The number of nitrogens with one attached hydrogen (secondary N) is 2. The lowest BCUT2D eigenvalue weighted by molar-refractivity contribution is -1.07. The third kappa shape index (κ3) is 4.94. The van der Waals surface area contributed by atoms with Gasteiger partial charge < -0.3 is 4.74 Å². The van der Waals surface area contributed by atoms with Crippen LogP contribution in [0, 0.1) is 0 Å². The van der Waals surface area contributed by atoms with E-state index in [1.54, 1.807) is 16.9 Å². The maximum Gasteiger partial charge on any atom is 0.234 e. The summed E-state index contributed by atoms with van der Waals surface area (Å²) in [6.45, 7) is 4.47. The molecule has 3 aromatic rings. The van der Waals surface area contributed by atoms with Gasteiger partial charge >= 0.3 is 0 Å². The Hall–Kier alpha value is -2.88. The van der Waals surface area contributed by atoms with Gasteiger partial charge in [-0.3, -0.25) is 9.80 Å². The van der Waals surface area contributed by atoms with E-state index in [0.29, 0.717) is 6.17 Å². The molecule has 1 heterocycles. The molecule has 3 aromatic carbocycles. The van der Waals surface area contributed by atoms with E-state index in [1.165, 1.54) is 24.2 Å². The molecule has 1 fully saturated rings. The number of quaternary nitrogens is 2. The molecular formula is C26H30N2O+2. The molecular weight excluding hydrogens is 356 g/mol. The van der Waals surface area contributed by atoms with Crippen molar-refractivity contribution in [3.63, 3.8) is 0 Å². The first-order valence-electron chi connectivity index (χ1n) is 10.4. The van der Waals surface area contributed by atoms with E-state index >= 15 is 0 Å². The third-order valence-corrected chi connectivity index (χ3v) is 5.80. The number of rotatable bonds is 7. The zero-order chi connectivity index (χ0) is 19.9. The van der Waals surface area contributed by atoms with Gasteiger partial charge in [-0.05, 0) is 12.1 Å². The largest absolute Gasteiger partial charge is 0.496 e. The highest BCUT2D eigenvalue weighted by molar-refractivity contribution is 5.57. The molecule has 0 amide bonds. The lowest BCUT2D eigenvalue weighted by Crippen LogP contribution is -3.27. The molecule has 29 heavy (non-hydrogen) atoms. The first-order chi connectivity index (χ1) is 14.3. The molecule has 0 radical (unpaired) electrons. The minimum atomic E-state index is 0.417. The van der Waals surface area contributed by atoms with Crippen LogP contribution in [0.2, 0.25) is 0 Å². The van der Waals surface area contributed by atoms with Crippen LogP contribution in [0.4, 0.5) is 0 Å². The molecule has 1 aliphatic rings. The fourth-order valence-corrected chi connectivity index (χ4v) is 4.31. The van der Waals surface area contributed by atoms with E-state index in [1.807, 2.05) is 12.1 Å². The Kier molecular flexibility index (Phi) is 6.40. The summed E-state index contributed by atoms with van der Waals surface area (Å²) in [5.41, 5.74) is 3.94. The molecule has 1 saturated heterocycles. The maximum atomic E-state index is 5.54. The number of hydrogen-bond donors (Lipinski definition) is 2. The van der Waals surface area contributed by atoms with Crippen molar-refractivity contribution in [1.29, 1.82) is 0 Å². The molecule has 0 aliphatic carbocycles. The molecule has 148 valence electrons. The molecule has 0 aromatic heterocycles. The summed E-state index contributed by atoms with van der Waals surface area (Å²) >= 11 is 0. The molecule has 2 N–H and O–H groups in total. The Morgan fingerprint density at radius 2 is 1.28 bits per heavy atom. The fourth-order valence-electron chi connectivity index (χ4n) is 4.31. The van der Waals surface area contributed by atoms with Gasteiger partial charge in [0.1, 0.15) is 31.9 Å². The highest BCUT2D eigenvalue weighted by Crippen LogP contribution is 2.18. The van der Waals surface area contributed by atoms with Crippen LogP contribution in [-0.4, -0.2) is 26.4 Å². The molecule has 0 spiro atoms. The van der Waals surface area contributed by atoms with E-state index in [0.717, 1.165) is 24.4 Å². The van der Waals surface area contributed by atoms with Crippen LogP contribution >= 0.6 is 0 Å². The summed E-state index contributed by atoms with van der Waals surface area (Å²) in [6.07, 6.45) is 5.05. The Bertz CT molecular complexity index is 874. The lowest BCUT2D eigenvalue weighted by Gasteiger charge is -2.22. The standard InChI is InChI=1S/C26H28N2O/c1-29-25-15-9-8-14-24(25)16-17-26-27(20-22-10-4-2-5-11-22)18-19-28(26)21-23-12-6-3-7-13-23/h2-17,26H,18-21H2,1H3/p+2/b17-16+. The van der Waals surface area contributed by atoms with Crippen molar-refractivity contribution in [1.82, 2.24) is 0 Å². The zero-order valence-electron chi connectivity index (χ0n) is 17.1. The van der Waals surface area contributed by atoms with E-state index in [9.17, 15) is 0 Å². The highest BCUT2D eigenvalue weighted by atomic mass is 16.5. The maximum absolute atomic E-state index is 5.54. The van der Waals surface area contributed by atoms with Crippen molar-refractivity contribution in [3.05, 3.63) is 108 Å². The first-order valence-corrected chi connectivity index (χ1v) is 10.4. The highest BCUT2D eigenvalue weighted by Gasteiger charge is 2.37. The van der Waals surface area contributed by atoms with E-state index < -0.39 is 0 Å². The molecule has 1 aliphatic heterocycles. The van der Waals surface area contributed by atoms with Crippen molar-refractivity contribution in [3.8, 4) is 5.75 Å². The van der Waals surface area contributed by atoms with Gasteiger partial charge in [0.05, 0.1) is 7.11 Å². The van der Waals surface area contributed by atoms with E-state index in [2.05, 4.69) is 84.9 Å². The fraction of sp³-hybridized carbons (Fsp3) is 0.231. The quantitative estimate of drug-likeness (QED) is 0.637. The second-order valence-corrected chi connectivity index (χ2v) is 7.72. The van der Waals surface area contributed by atoms with Crippen molar-refractivity contribution >= 4 is 6.08 Å². The van der Waals surface area contributed by atoms with Crippen molar-refractivity contribution in [2.75, 3.05) is 20.2 Å². The molecule has 2 unspecified atom stereocenters. The van der Waals surface area contributed by atoms with Gasteiger partial charge in [0.25, 0.3) is 0 Å². The Morgan fingerprint density at radius 3 is 1.83 bits per heavy atom. The summed E-state index contributed by atoms with van der Waals surface area (Å²) in [4.78, 5) is 3.24. The number of hydrogen-bond acceptors (Lipinski definition) is 1. The molecule has 0 saturated carbocycles. The molecule has 3 nitrogen and oxygen atoms in total. The van der Waals surface area contributed by atoms with Crippen LogP contribution in [0.5, 0.6) is 5.75 Å². The molecule has 3 heteroatoms. The van der Waals surface area contributed by atoms with Crippen LogP contribution in [0.3, 0.4) is 0 Å². The van der Waals surface area contributed by atoms with E-state index in [-0.39, 0.29) is 0 Å². The monoisotopic (exact) mass is 386 g/mol. The average Bonchev–Trinajstić information content (AvgIpc) is 3.14. The van der Waals surface area contributed by atoms with Gasteiger partial charge in [-0.1, -0.05) is 78.9 Å².